The zero-order chi connectivity index (χ0) is 4.28. The molecule has 0 aliphatic carbocycles. The fraction of sp³-hybridized carbons (Fsp3) is 1.00. The van der Waals surface area contributed by atoms with E-state index in [4.69, 9.17) is 0 Å². The first-order valence-corrected chi connectivity index (χ1v) is 12.9. The van der Waals surface area contributed by atoms with Crippen LogP contribution in [0.1, 0.15) is 0 Å². The van der Waals surface area contributed by atoms with Gasteiger partial charge in [0.25, 0.3) is 0 Å². The fourth-order valence-electron chi connectivity index (χ4n) is 0. The molecule has 0 heterocycles. The molecule has 0 aliphatic heterocycles. The van der Waals surface area contributed by atoms with Crippen LogP contribution >= 0.6 is 24.8 Å². The van der Waals surface area contributed by atoms with Gasteiger partial charge in [-0.2, -0.15) is 0 Å². The van der Waals surface area contributed by atoms with E-state index in [1.54, 1.807) is 0 Å². The molecule has 0 rings (SSSR count). The maximum atomic E-state index is 2.45. The molecule has 5 heteroatoms. The van der Waals surface area contributed by atoms with Crippen LogP contribution in [0.3, 0.4) is 0 Å². The third-order valence-corrected chi connectivity index (χ3v) is 18.0. The Morgan fingerprint density at radius 1 is 1.29 bits per heavy atom. The molecule has 0 unspecified atom stereocenters. The van der Waals surface area contributed by atoms with Crippen LogP contribution in [0.5, 0.6) is 0 Å². The first-order chi connectivity index (χ1) is 2.27. The fourth-order valence-corrected chi connectivity index (χ4v) is 0. The van der Waals surface area contributed by atoms with Crippen LogP contribution in [-0.2, 0) is 36.8 Å². The number of hydrogen-bond donors (Lipinski definition) is 0. The summed E-state index contributed by atoms with van der Waals surface area (Å²) in [6, 6.07) is 0. The summed E-state index contributed by atoms with van der Waals surface area (Å²) < 4.78 is 0. The van der Waals surface area contributed by atoms with Gasteiger partial charge in [0.15, 0.2) is 0 Å². The molecule has 0 radical (unpaired) electrons. The average Bonchev–Trinajstić information content (AvgIpc) is 1.38. The summed E-state index contributed by atoms with van der Waals surface area (Å²) in [4.78, 5) is 0. The number of rotatable bonds is 1. The van der Waals surface area contributed by atoms with E-state index < -0.39 is 0 Å². The standard InChI is InChI=1S/2CH3.2ClH.H2Si.2Ti/h2*1H3;2*1H;1H2;;. The van der Waals surface area contributed by atoms with Crippen molar-refractivity contribution in [3.05, 3.63) is 0 Å². The van der Waals surface area contributed by atoms with Crippen LogP contribution < -0.4 is 0 Å². The van der Waals surface area contributed by atoms with Crippen molar-refractivity contribution in [3.63, 3.8) is 0 Å². The van der Waals surface area contributed by atoms with E-state index in [2.05, 4.69) is 30.1 Å². The topological polar surface area (TPSA) is 0 Å². The molecule has 0 aromatic carbocycles. The van der Waals surface area contributed by atoms with E-state index in [1.807, 2.05) is 0 Å². The summed E-state index contributed by atoms with van der Waals surface area (Å²) in [6.45, 7) is 0. The zero-order valence-electron chi connectivity index (χ0n) is 4.52. The van der Waals surface area contributed by atoms with Gasteiger partial charge in [-0.05, 0) is 0 Å². The maximum absolute atomic E-state index is 2.45. The van der Waals surface area contributed by atoms with Gasteiger partial charge in [0, 0.05) is 0 Å². The minimum absolute atomic E-state index is 0. The molecule has 0 N–H and O–H groups in total. The molecule has 0 saturated heterocycles. The van der Waals surface area contributed by atoms with Crippen LogP contribution in [0, 0.1) is 0 Å². The molecule has 0 aromatic heterocycles. The van der Waals surface area contributed by atoms with E-state index in [-0.39, 0.29) is 41.9 Å². The quantitative estimate of drug-likeness (QED) is 0.590. The first-order valence-electron chi connectivity index (χ1n) is 1.71. The van der Waals surface area contributed by atoms with Gasteiger partial charge >= 0.3 is 52.5 Å². The Kier molecular flexibility index (Phi) is 25.5. The van der Waals surface area contributed by atoms with Crippen LogP contribution in [-0.4, -0.2) is 5.25 Å². The predicted octanol–water partition coefficient (Wildman–Crippen LogP) is 1.09. The normalized spacial score (nSPS) is 7.00. The Hall–Kier alpha value is 2.23. The van der Waals surface area contributed by atoms with E-state index in [9.17, 15) is 0 Å². The van der Waals surface area contributed by atoms with Gasteiger partial charge in [-0.15, -0.1) is 24.8 Å². The molecule has 0 fully saturated rings. The SMILES string of the molecule is Cl.Cl.[CH3][Ti]([CH3])[SiH2][Ti]. The van der Waals surface area contributed by atoms with Crippen molar-refractivity contribution >= 4 is 30.1 Å². The molecular formula is C2H10Cl2SiTi2. The summed E-state index contributed by atoms with van der Waals surface area (Å²) in [6.07, 6.45) is 0. The summed E-state index contributed by atoms with van der Waals surface area (Å²) in [7, 11) is 0. The Morgan fingerprint density at radius 2 is 1.43 bits per heavy atom. The van der Waals surface area contributed by atoms with Gasteiger partial charge in [0.05, 0.1) is 0 Å². The zero-order valence-corrected chi connectivity index (χ0v) is 10.7. The molecule has 0 amide bonds. The first kappa shape index (κ1) is 16.1. The van der Waals surface area contributed by atoms with E-state index in [0.717, 1.165) is 0 Å². The van der Waals surface area contributed by atoms with Crippen molar-refractivity contribution in [3.8, 4) is 0 Å². The van der Waals surface area contributed by atoms with Gasteiger partial charge in [0.1, 0.15) is 0 Å². The Balaban J connectivity index is -0.0000000800. The van der Waals surface area contributed by atoms with E-state index in [0.29, 0.717) is 5.25 Å². The molecule has 0 saturated carbocycles. The summed E-state index contributed by atoms with van der Waals surface area (Å²) in [5.74, 6) is 0. The van der Waals surface area contributed by atoms with Crippen LogP contribution in [0.25, 0.3) is 0 Å². The van der Waals surface area contributed by atoms with E-state index >= 15 is 0 Å². The molecule has 0 nitrogen and oxygen atoms in total. The van der Waals surface area contributed by atoms with Crippen molar-refractivity contribution < 1.29 is 36.8 Å². The number of halogens is 2. The second-order valence-corrected chi connectivity index (χ2v) is 19.8. The van der Waals surface area contributed by atoms with Gasteiger partial charge < -0.3 is 0 Å². The van der Waals surface area contributed by atoms with Crippen molar-refractivity contribution in [1.82, 2.24) is 0 Å². The van der Waals surface area contributed by atoms with Crippen molar-refractivity contribution in [2.24, 2.45) is 0 Å². The Labute approximate surface area is 76.5 Å². The van der Waals surface area contributed by atoms with Gasteiger partial charge in [-0.1, -0.05) is 0 Å². The van der Waals surface area contributed by atoms with Crippen LogP contribution in [0.4, 0.5) is 0 Å². The molecule has 0 bridgehead atoms. The van der Waals surface area contributed by atoms with Crippen molar-refractivity contribution in [2.75, 3.05) is 0 Å². The number of hydrogen-bond acceptors (Lipinski definition) is 0. The molecular weight excluding hydrogens is 219 g/mol. The molecule has 0 aromatic rings. The van der Waals surface area contributed by atoms with E-state index in [1.165, 1.54) is 0 Å². The monoisotopic (exact) mass is 228 g/mol. The Bertz CT molecular complexity index is 27.7. The van der Waals surface area contributed by atoms with Crippen molar-refractivity contribution in [2.45, 2.75) is 10.5 Å². The Morgan fingerprint density at radius 3 is 1.43 bits per heavy atom. The van der Waals surface area contributed by atoms with Crippen LogP contribution in [0.2, 0.25) is 10.5 Å². The summed E-state index contributed by atoms with van der Waals surface area (Å²) >= 11 is 2.19. The molecule has 7 heavy (non-hydrogen) atoms. The molecule has 44 valence electrons. The average molecular weight is 229 g/mol. The molecule has 0 aliphatic rings. The third-order valence-electron chi connectivity index (χ3n) is 0.354. The molecule has 0 spiro atoms. The summed E-state index contributed by atoms with van der Waals surface area (Å²) in [5.41, 5.74) is 0. The van der Waals surface area contributed by atoms with Gasteiger partial charge in [-0.3, -0.25) is 0 Å². The van der Waals surface area contributed by atoms with Crippen LogP contribution in [0.15, 0.2) is 0 Å². The molecule has 0 atom stereocenters. The predicted molar refractivity (Wildman–Crippen MR) is 34.8 cm³/mol. The second kappa shape index (κ2) is 11.1. The third kappa shape index (κ3) is 17.9. The second-order valence-electron chi connectivity index (χ2n) is 1.38. The van der Waals surface area contributed by atoms with Gasteiger partial charge in [-0.25, -0.2) is 0 Å². The summed E-state index contributed by atoms with van der Waals surface area (Å²) in [5, 5.41) is 5.42. The van der Waals surface area contributed by atoms with Crippen molar-refractivity contribution in [1.29, 1.82) is 0 Å². The van der Waals surface area contributed by atoms with Gasteiger partial charge in [0.2, 0.25) is 0 Å². The minimum atomic E-state index is -0.218.